The first kappa shape index (κ1) is 12.7. The van der Waals surface area contributed by atoms with Crippen molar-refractivity contribution in [2.75, 3.05) is 18.0 Å². The van der Waals surface area contributed by atoms with E-state index in [0.717, 1.165) is 44.6 Å². The van der Waals surface area contributed by atoms with Crippen LogP contribution in [-0.4, -0.2) is 35.2 Å². The van der Waals surface area contributed by atoms with E-state index in [1.165, 1.54) is 0 Å². The lowest BCUT2D eigenvalue weighted by atomic mass is 9.96. The van der Waals surface area contributed by atoms with Gasteiger partial charge in [-0.05, 0) is 37.8 Å². The number of nitrogens with one attached hydrogen (secondary N) is 1. The fraction of sp³-hybridized carbons (Fsp3) is 0.615. The summed E-state index contributed by atoms with van der Waals surface area (Å²) >= 11 is 5.72. The summed E-state index contributed by atoms with van der Waals surface area (Å²) in [6, 6.07) is 4.07. The van der Waals surface area contributed by atoms with Gasteiger partial charge in [0, 0.05) is 25.0 Å². The van der Waals surface area contributed by atoms with Gasteiger partial charge in [-0.1, -0.05) is 11.6 Å². The number of aromatic nitrogens is 2. The monoisotopic (exact) mass is 280 g/mol. The molecule has 0 unspecified atom stereocenters. The minimum atomic E-state index is 0.150. The second-order valence-electron chi connectivity index (χ2n) is 5.26. The molecule has 0 aromatic carbocycles. The van der Waals surface area contributed by atoms with Gasteiger partial charge in [0.05, 0.1) is 0 Å². The van der Waals surface area contributed by atoms with Crippen molar-refractivity contribution in [2.45, 2.75) is 31.7 Å². The van der Waals surface area contributed by atoms with E-state index in [4.69, 9.17) is 11.6 Å². The summed E-state index contributed by atoms with van der Waals surface area (Å²) in [4.78, 5) is 14.1. The summed E-state index contributed by atoms with van der Waals surface area (Å²) in [5.41, 5.74) is 0. The number of rotatable bonds is 3. The van der Waals surface area contributed by atoms with E-state index in [-0.39, 0.29) is 11.8 Å². The number of nitrogens with zero attached hydrogens (tertiary/aromatic N) is 3. The Morgan fingerprint density at radius 3 is 2.53 bits per heavy atom. The number of hydrogen-bond acceptors (Lipinski definition) is 4. The molecule has 3 rings (SSSR count). The fourth-order valence-corrected chi connectivity index (χ4v) is 2.50. The molecule has 1 saturated carbocycles. The molecule has 1 aliphatic carbocycles. The van der Waals surface area contributed by atoms with Crippen molar-refractivity contribution < 1.29 is 4.79 Å². The van der Waals surface area contributed by atoms with Crippen LogP contribution >= 0.6 is 11.6 Å². The molecule has 0 atom stereocenters. The maximum Gasteiger partial charge on any atom is 0.223 e. The molecule has 0 bridgehead atoms. The van der Waals surface area contributed by atoms with E-state index in [2.05, 4.69) is 20.4 Å². The van der Waals surface area contributed by atoms with E-state index in [0.29, 0.717) is 11.2 Å². The van der Waals surface area contributed by atoms with Crippen molar-refractivity contribution in [1.82, 2.24) is 15.5 Å². The highest BCUT2D eigenvalue weighted by Gasteiger charge is 2.30. The standard InChI is InChI=1S/C13H17ClN4O/c14-11-3-4-12(17-16-11)18-7-5-9(6-8-18)13(19)15-10-1-2-10/h3-4,9-10H,1-2,5-8H2,(H,15,19). The Morgan fingerprint density at radius 1 is 1.21 bits per heavy atom. The lowest BCUT2D eigenvalue weighted by Crippen LogP contribution is -2.41. The van der Waals surface area contributed by atoms with Crippen LogP contribution in [0.5, 0.6) is 0 Å². The Morgan fingerprint density at radius 2 is 1.95 bits per heavy atom. The molecule has 2 heterocycles. The number of anilines is 1. The van der Waals surface area contributed by atoms with Crippen molar-refractivity contribution in [2.24, 2.45) is 5.92 Å². The Hall–Kier alpha value is -1.36. The van der Waals surface area contributed by atoms with Crippen LogP contribution in [0, 0.1) is 5.92 Å². The highest BCUT2D eigenvalue weighted by atomic mass is 35.5. The van der Waals surface area contributed by atoms with Crippen LogP contribution in [0.15, 0.2) is 12.1 Å². The van der Waals surface area contributed by atoms with Gasteiger partial charge in [0.1, 0.15) is 0 Å². The average molecular weight is 281 g/mol. The molecule has 6 heteroatoms. The number of carbonyl (C=O) groups is 1. The lowest BCUT2D eigenvalue weighted by Gasteiger charge is -2.31. The van der Waals surface area contributed by atoms with E-state index >= 15 is 0 Å². The summed E-state index contributed by atoms with van der Waals surface area (Å²) in [7, 11) is 0. The highest BCUT2D eigenvalue weighted by Crippen LogP contribution is 2.24. The third-order valence-electron chi connectivity index (χ3n) is 3.73. The summed E-state index contributed by atoms with van der Waals surface area (Å²) in [5, 5.41) is 11.4. The van der Waals surface area contributed by atoms with Gasteiger partial charge in [0.15, 0.2) is 11.0 Å². The first-order chi connectivity index (χ1) is 9.22. The van der Waals surface area contributed by atoms with Gasteiger partial charge in [-0.3, -0.25) is 4.79 Å². The van der Waals surface area contributed by atoms with Gasteiger partial charge < -0.3 is 10.2 Å². The van der Waals surface area contributed by atoms with Crippen molar-refractivity contribution in [3.63, 3.8) is 0 Å². The Bertz CT molecular complexity index is 452. The molecule has 0 radical (unpaired) electrons. The number of piperidine rings is 1. The second-order valence-corrected chi connectivity index (χ2v) is 5.65. The minimum Gasteiger partial charge on any atom is -0.355 e. The molecule has 1 N–H and O–H groups in total. The zero-order valence-corrected chi connectivity index (χ0v) is 11.4. The quantitative estimate of drug-likeness (QED) is 0.914. The first-order valence-corrected chi connectivity index (χ1v) is 7.15. The molecule has 1 amide bonds. The highest BCUT2D eigenvalue weighted by molar-refractivity contribution is 6.29. The minimum absolute atomic E-state index is 0.150. The van der Waals surface area contributed by atoms with Crippen molar-refractivity contribution in [1.29, 1.82) is 0 Å². The predicted octanol–water partition coefficient (Wildman–Crippen LogP) is 1.62. The molecule has 1 aromatic rings. The first-order valence-electron chi connectivity index (χ1n) is 6.77. The van der Waals surface area contributed by atoms with Gasteiger partial charge in [-0.15, -0.1) is 10.2 Å². The van der Waals surface area contributed by atoms with Crippen LogP contribution < -0.4 is 10.2 Å². The molecular weight excluding hydrogens is 264 g/mol. The van der Waals surface area contributed by atoms with E-state index < -0.39 is 0 Å². The van der Waals surface area contributed by atoms with Crippen LogP contribution in [0.3, 0.4) is 0 Å². The van der Waals surface area contributed by atoms with Crippen LogP contribution in [-0.2, 0) is 4.79 Å². The lowest BCUT2D eigenvalue weighted by molar-refractivity contribution is -0.125. The number of hydrogen-bond donors (Lipinski definition) is 1. The summed E-state index contributed by atoms with van der Waals surface area (Å²) in [5.74, 6) is 1.21. The van der Waals surface area contributed by atoms with Gasteiger partial charge in [0.2, 0.25) is 5.91 Å². The maximum atomic E-state index is 12.0. The van der Waals surface area contributed by atoms with Gasteiger partial charge in [-0.2, -0.15) is 0 Å². The number of amides is 1. The van der Waals surface area contributed by atoms with E-state index in [1.807, 2.05) is 6.07 Å². The Balaban J connectivity index is 1.53. The summed E-state index contributed by atoms with van der Waals surface area (Å²) in [6.45, 7) is 1.69. The van der Waals surface area contributed by atoms with E-state index in [1.54, 1.807) is 6.07 Å². The molecular formula is C13H17ClN4O. The summed E-state index contributed by atoms with van der Waals surface area (Å²) in [6.07, 6.45) is 4.04. The van der Waals surface area contributed by atoms with Crippen LogP contribution in [0.4, 0.5) is 5.82 Å². The summed E-state index contributed by atoms with van der Waals surface area (Å²) < 4.78 is 0. The molecule has 2 fully saturated rings. The molecule has 1 aliphatic heterocycles. The third-order valence-corrected chi connectivity index (χ3v) is 3.93. The molecule has 0 spiro atoms. The topological polar surface area (TPSA) is 58.1 Å². The molecule has 5 nitrogen and oxygen atoms in total. The van der Waals surface area contributed by atoms with Crippen molar-refractivity contribution >= 4 is 23.3 Å². The normalized spacial score (nSPS) is 20.4. The molecule has 2 aliphatic rings. The Kier molecular flexibility index (Phi) is 3.55. The number of halogens is 1. The van der Waals surface area contributed by atoms with Crippen LogP contribution in [0.25, 0.3) is 0 Å². The second kappa shape index (κ2) is 5.33. The maximum absolute atomic E-state index is 12.0. The van der Waals surface area contributed by atoms with Gasteiger partial charge in [-0.25, -0.2) is 0 Å². The Labute approximate surface area is 117 Å². The third kappa shape index (κ3) is 3.15. The molecule has 1 aromatic heterocycles. The fourth-order valence-electron chi connectivity index (χ4n) is 2.40. The van der Waals surface area contributed by atoms with Gasteiger partial charge >= 0.3 is 0 Å². The number of carbonyl (C=O) groups excluding carboxylic acids is 1. The van der Waals surface area contributed by atoms with E-state index in [9.17, 15) is 4.79 Å². The largest absolute Gasteiger partial charge is 0.355 e. The predicted molar refractivity (Wildman–Crippen MR) is 73.1 cm³/mol. The SMILES string of the molecule is O=C(NC1CC1)C1CCN(c2ccc(Cl)nn2)CC1. The zero-order valence-electron chi connectivity index (χ0n) is 10.7. The van der Waals surface area contributed by atoms with Crippen LogP contribution in [0.2, 0.25) is 5.15 Å². The smallest absolute Gasteiger partial charge is 0.223 e. The molecule has 19 heavy (non-hydrogen) atoms. The average Bonchev–Trinajstić information content (AvgIpc) is 3.24. The zero-order chi connectivity index (χ0) is 13.2. The van der Waals surface area contributed by atoms with Crippen molar-refractivity contribution in [3.05, 3.63) is 17.3 Å². The molecule has 1 saturated heterocycles. The van der Waals surface area contributed by atoms with Crippen LogP contribution in [0.1, 0.15) is 25.7 Å². The van der Waals surface area contributed by atoms with Gasteiger partial charge in [0.25, 0.3) is 0 Å². The van der Waals surface area contributed by atoms with Crippen molar-refractivity contribution in [3.8, 4) is 0 Å². The molecule has 102 valence electrons.